The largest absolute Gasteiger partial charge is 0.396 e. The standard InChI is InChI=1S/C17H25N3O3/c21-9-4-17(5-10-23-13-17)12-19-16(22)15-11-14(3-6-18-15)20-7-1-2-8-20/h3,6,11,21H,1-2,4-5,7-10,12-13H2,(H,19,22). The minimum atomic E-state index is -0.157. The molecule has 1 amide bonds. The molecule has 0 saturated carbocycles. The van der Waals surface area contributed by atoms with Crippen LogP contribution >= 0.6 is 0 Å². The highest BCUT2D eigenvalue weighted by atomic mass is 16.5. The minimum absolute atomic E-state index is 0.113. The van der Waals surface area contributed by atoms with Crippen molar-refractivity contribution in [1.29, 1.82) is 0 Å². The van der Waals surface area contributed by atoms with Gasteiger partial charge in [-0.2, -0.15) is 0 Å². The fraction of sp³-hybridized carbons (Fsp3) is 0.647. The molecule has 1 unspecified atom stereocenters. The molecule has 0 aromatic carbocycles. The van der Waals surface area contributed by atoms with Gasteiger partial charge < -0.3 is 20.1 Å². The SMILES string of the molecule is O=C(NCC1(CCO)CCOC1)c1cc(N2CCCC2)ccn1. The fourth-order valence-electron chi connectivity index (χ4n) is 3.39. The molecule has 0 spiro atoms. The fourth-order valence-corrected chi connectivity index (χ4v) is 3.39. The normalized spacial score (nSPS) is 24.1. The number of aromatic nitrogens is 1. The molecule has 1 aromatic heterocycles. The van der Waals surface area contributed by atoms with Crippen LogP contribution in [0.5, 0.6) is 0 Å². The van der Waals surface area contributed by atoms with E-state index in [0.717, 1.165) is 25.2 Å². The van der Waals surface area contributed by atoms with Gasteiger partial charge in [0.2, 0.25) is 0 Å². The second kappa shape index (κ2) is 7.27. The van der Waals surface area contributed by atoms with Crippen LogP contribution in [0.15, 0.2) is 18.3 Å². The summed E-state index contributed by atoms with van der Waals surface area (Å²) in [6.45, 7) is 4.00. The van der Waals surface area contributed by atoms with Crippen LogP contribution in [0, 0.1) is 5.41 Å². The molecule has 3 heterocycles. The average molecular weight is 319 g/mol. The molecule has 0 aliphatic carbocycles. The van der Waals surface area contributed by atoms with Gasteiger partial charge in [-0.15, -0.1) is 0 Å². The summed E-state index contributed by atoms with van der Waals surface area (Å²) in [6.07, 6.45) is 5.62. The molecule has 0 radical (unpaired) electrons. The van der Waals surface area contributed by atoms with Crippen LogP contribution in [-0.4, -0.2) is 55.5 Å². The van der Waals surface area contributed by atoms with Crippen molar-refractivity contribution < 1.29 is 14.6 Å². The van der Waals surface area contributed by atoms with Crippen molar-refractivity contribution in [3.8, 4) is 0 Å². The van der Waals surface area contributed by atoms with Crippen LogP contribution in [0.4, 0.5) is 5.69 Å². The number of aliphatic hydroxyl groups excluding tert-OH is 1. The zero-order valence-corrected chi connectivity index (χ0v) is 13.5. The van der Waals surface area contributed by atoms with Crippen molar-refractivity contribution in [3.63, 3.8) is 0 Å². The number of rotatable bonds is 6. The number of carbonyl (C=O) groups is 1. The molecule has 2 N–H and O–H groups in total. The first kappa shape index (κ1) is 16.2. The predicted molar refractivity (Wildman–Crippen MR) is 87.6 cm³/mol. The summed E-state index contributed by atoms with van der Waals surface area (Å²) < 4.78 is 5.45. The number of pyridine rings is 1. The first-order valence-corrected chi connectivity index (χ1v) is 8.40. The van der Waals surface area contributed by atoms with E-state index in [1.807, 2.05) is 12.1 Å². The lowest BCUT2D eigenvalue weighted by molar-refractivity contribution is 0.0885. The highest BCUT2D eigenvalue weighted by Crippen LogP contribution is 2.31. The van der Waals surface area contributed by atoms with Crippen molar-refractivity contribution in [1.82, 2.24) is 10.3 Å². The molecule has 126 valence electrons. The third kappa shape index (κ3) is 3.82. The first-order valence-electron chi connectivity index (χ1n) is 8.40. The van der Waals surface area contributed by atoms with Crippen LogP contribution < -0.4 is 10.2 Å². The van der Waals surface area contributed by atoms with Crippen LogP contribution in [-0.2, 0) is 4.74 Å². The van der Waals surface area contributed by atoms with Crippen molar-refractivity contribution in [2.75, 3.05) is 44.4 Å². The Morgan fingerprint density at radius 3 is 2.96 bits per heavy atom. The molecular formula is C17H25N3O3. The number of anilines is 1. The number of hydrogen-bond acceptors (Lipinski definition) is 5. The summed E-state index contributed by atoms with van der Waals surface area (Å²) in [5.74, 6) is -0.157. The third-order valence-corrected chi connectivity index (χ3v) is 4.90. The number of carbonyl (C=O) groups excluding carboxylic acids is 1. The molecule has 23 heavy (non-hydrogen) atoms. The summed E-state index contributed by atoms with van der Waals surface area (Å²) in [5, 5.41) is 12.2. The van der Waals surface area contributed by atoms with E-state index in [1.165, 1.54) is 12.8 Å². The molecule has 0 bridgehead atoms. The van der Waals surface area contributed by atoms with Gasteiger partial charge in [0, 0.05) is 50.1 Å². The Bertz CT molecular complexity index is 538. The average Bonchev–Trinajstić information content (AvgIpc) is 3.25. The van der Waals surface area contributed by atoms with E-state index in [4.69, 9.17) is 4.74 Å². The summed E-state index contributed by atoms with van der Waals surface area (Å²) >= 11 is 0. The first-order chi connectivity index (χ1) is 11.2. The maximum atomic E-state index is 12.4. The monoisotopic (exact) mass is 319 g/mol. The molecule has 6 heteroatoms. The van der Waals surface area contributed by atoms with Gasteiger partial charge in [-0.1, -0.05) is 0 Å². The van der Waals surface area contributed by atoms with E-state index in [2.05, 4.69) is 15.2 Å². The Kier molecular flexibility index (Phi) is 5.13. The van der Waals surface area contributed by atoms with Crippen molar-refractivity contribution in [2.24, 2.45) is 5.41 Å². The summed E-state index contributed by atoms with van der Waals surface area (Å²) in [5.41, 5.74) is 1.38. The Labute approximate surface area is 136 Å². The molecule has 2 saturated heterocycles. The lowest BCUT2D eigenvalue weighted by atomic mass is 9.84. The van der Waals surface area contributed by atoms with Gasteiger partial charge in [-0.3, -0.25) is 9.78 Å². The number of aliphatic hydroxyl groups is 1. The number of amides is 1. The maximum Gasteiger partial charge on any atom is 0.269 e. The quantitative estimate of drug-likeness (QED) is 0.824. The topological polar surface area (TPSA) is 74.7 Å². The third-order valence-electron chi connectivity index (χ3n) is 4.90. The van der Waals surface area contributed by atoms with Gasteiger partial charge in [-0.05, 0) is 37.8 Å². The zero-order valence-electron chi connectivity index (χ0n) is 13.5. The summed E-state index contributed by atoms with van der Waals surface area (Å²) in [7, 11) is 0. The molecule has 3 rings (SSSR count). The van der Waals surface area contributed by atoms with E-state index in [-0.39, 0.29) is 17.9 Å². The lowest BCUT2D eigenvalue weighted by Gasteiger charge is -2.26. The van der Waals surface area contributed by atoms with E-state index < -0.39 is 0 Å². The van der Waals surface area contributed by atoms with Gasteiger partial charge in [-0.25, -0.2) is 0 Å². The second-order valence-electron chi connectivity index (χ2n) is 6.55. The molecule has 2 aliphatic rings. The number of nitrogens with one attached hydrogen (secondary N) is 1. The number of ether oxygens (including phenoxy) is 1. The zero-order chi connectivity index (χ0) is 16.1. The Balaban J connectivity index is 1.62. The van der Waals surface area contributed by atoms with Gasteiger partial charge in [0.25, 0.3) is 5.91 Å². The number of nitrogens with zero attached hydrogens (tertiary/aromatic N) is 2. The maximum absolute atomic E-state index is 12.4. The predicted octanol–water partition coefficient (Wildman–Crippen LogP) is 1.20. The molecule has 2 aliphatic heterocycles. The highest BCUT2D eigenvalue weighted by Gasteiger charge is 2.34. The van der Waals surface area contributed by atoms with E-state index in [9.17, 15) is 9.90 Å². The Morgan fingerprint density at radius 1 is 1.43 bits per heavy atom. The summed E-state index contributed by atoms with van der Waals surface area (Å²) in [4.78, 5) is 18.9. The van der Waals surface area contributed by atoms with Crippen LogP contribution in [0.25, 0.3) is 0 Å². The lowest BCUT2D eigenvalue weighted by Crippen LogP contribution is -2.39. The van der Waals surface area contributed by atoms with E-state index in [1.54, 1.807) is 6.20 Å². The van der Waals surface area contributed by atoms with Crippen molar-refractivity contribution >= 4 is 11.6 Å². The van der Waals surface area contributed by atoms with Crippen molar-refractivity contribution in [3.05, 3.63) is 24.0 Å². The van der Waals surface area contributed by atoms with Crippen molar-refractivity contribution in [2.45, 2.75) is 25.7 Å². The Hall–Kier alpha value is -1.66. The Morgan fingerprint density at radius 2 is 2.26 bits per heavy atom. The molecule has 1 atom stereocenters. The smallest absolute Gasteiger partial charge is 0.269 e. The van der Waals surface area contributed by atoms with Crippen LogP contribution in [0.2, 0.25) is 0 Å². The molecule has 2 fully saturated rings. The molecule has 1 aromatic rings. The van der Waals surface area contributed by atoms with E-state index >= 15 is 0 Å². The van der Waals surface area contributed by atoms with Crippen LogP contribution in [0.3, 0.4) is 0 Å². The molecular weight excluding hydrogens is 294 g/mol. The molecule has 6 nitrogen and oxygen atoms in total. The van der Waals surface area contributed by atoms with Gasteiger partial charge in [0.1, 0.15) is 5.69 Å². The summed E-state index contributed by atoms with van der Waals surface area (Å²) in [6, 6.07) is 3.82. The highest BCUT2D eigenvalue weighted by molar-refractivity contribution is 5.93. The minimum Gasteiger partial charge on any atom is -0.396 e. The van der Waals surface area contributed by atoms with Gasteiger partial charge >= 0.3 is 0 Å². The van der Waals surface area contributed by atoms with Gasteiger partial charge in [0.05, 0.1) is 6.61 Å². The second-order valence-corrected chi connectivity index (χ2v) is 6.55. The van der Waals surface area contributed by atoms with Gasteiger partial charge in [0.15, 0.2) is 0 Å². The van der Waals surface area contributed by atoms with E-state index in [0.29, 0.717) is 31.9 Å². The number of hydrogen-bond donors (Lipinski definition) is 2. The van der Waals surface area contributed by atoms with Crippen LogP contribution in [0.1, 0.15) is 36.2 Å².